The molecule has 0 saturated carbocycles. The van der Waals surface area contributed by atoms with E-state index in [0.29, 0.717) is 31.2 Å². The third-order valence-corrected chi connectivity index (χ3v) is 3.95. The second-order valence-corrected chi connectivity index (χ2v) is 7.98. The van der Waals surface area contributed by atoms with Crippen molar-refractivity contribution in [3.8, 4) is 0 Å². The Morgan fingerprint density at radius 2 is 1.73 bits per heavy atom. The molecule has 0 aliphatic heterocycles. The molecule has 2 N–H and O–H groups in total. The number of hydrogen-bond acceptors (Lipinski definition) is 4. The molecule has 9 heteroatoms. The van der Waals surface area contributed by atoms with E-state index in [1.807, 2.05) is 45.0 Å². The molecular weight excluding hydrogens is 497 g/mol. The number of carbonyl (C=O) groups excluding carboxylic acids is 2. The number of benzene rings is 1. The zero-order valence-electron chi connectivity index (χ0n) is 19.1. The van der Waals surface area contributed by atoms with Gasteiger partial charge < -0.3 is 25.2 Å². The number of guanidine groups is 1. The SMILES string of the molecule is CN=C(NCCc1cccc(C(=O)N(C)C)c1)NCCN(C)C(=O)OC(C)(C)C.I. The van der Waals surface area contributed by atoms with Gasteiger partial charge in [0.2, 0.25) is 0 Å². The first-order valence-corrected chi connectivity index (χ1v) is 9.72. The molecule has 0 radical (unpaired) electrons. The van der Waals surface area contributed by atoms with Crippen molar-refractivity contribution < 1.29 is 14.3 Å². The van der Waals surface area contributed by atoms with Crippen molar-refractivity contribution in [2.75, 3.05) is 47.8 Å². The van der Waals surface area contributed by atoms with E-state index < -0.39 is 5.60 Å². The molecule has 0 aliphatic rings. The molecular formula is C21H36IN5O3. The molecule has 0 aliphatic carbocycles. The fraction of sp³-hybridized carbons (Fsp3) is 0.571. The van der Waals surface area contributed by atoms with Crippen molar-refractivity contribution in [2.24, 2.45) is 4.99 Å². The van der Waals surface area contributed by atoms with Crippen LogP contribution in [0.3, 0.4) is 0 Å². The van der Waals surface area contributed by atoms with Crippen molar-refractivity contribution in [1.29, 1.82) is 0 Å². The smallest absolute Gasteiger partial charge is 0.410 e. The van der Waals surface area contributed by atoms with E-state index in [0.717, 1.165) is 12.0 Å². The normalized spacial score (nSPS) is 11.2. The van der Waals surface area contributed by atoms with E-state index in [1.54, 1.807) is 33.1 Å². The summed E-state index contributed by atoms with van der Waals surface area (Å²) >= 11 is 0. The molecule has 0 aromatic heterocycles. The summed E-state index contributed by atoms with van der Waals surface area (Å²) in [5.41, 5.74) is 1.25. The van der Waals surface area contributed by atoms with E-state index in [4.69, 9.17) is 4.74 Å². The quantitative estimate of drug-likeness (QED) is 0.320. The molecule has 170 valence electrons. The standard InChI is InChI=1S/C21H35N5O3.HI/c1-21(2,3)29-20(28)26(7)14-13-24-19(22-4)23-12-11-16-9-8-10-17(15-16)18(27)25(5)6;/h8-10,15H,11-14H2,1-7H3,(H2,22,23,24);1H. The van der Waals surface area contributed by atoms with Gasteiger partial charge in [-0.25, -0.2) is 4.79 Å². The largest absolute Gasteiger partial charge is 0.444 e. The molecule has 8 nitrogen and oxygen atoms in total. The van der Waals surface area contributed by atoms with Crippen molar-refractivity contribution in [2.45, 2.75) is 32.8 Å². The molecule has 0 heterocycles. The average molecular weight is 533 g/mol. The van der Waals surface area contributed by atoms with Gasteiger partial charge in [0.05, 0.1) is 0 Å². The van der Waals surface area contributed by atoms with Crippen molar-refractivity contribution in [3.63, 3.8) is 0 Å². The van der Waals surface area contributed by atoms with Crippen LogP contribution in [0.25, 0.3) is 0 Å². The van der Waals surface area contributed by atoms with Crippen molar-refractivity contribution in [1.82, 2.24) is 20.4 Å². The Hall–Kier alpha value is -2.04. The number of amides is 2. The molecule has 30 heavy (non-hydrogen) atoms. The highest BCUT2D eigenvalue weighted by atomic mass is 127. The molecule has 0 atom stereocenters. The van der Waals surface area contributed by atoms with Crippen LogP contribution < -0.4 is 10.6 Å². The van der Waals surface area contributed by atoms with Gasteiger partial charge in [-0.05, 0) is 44.9 Å². The summed E-state index contributed by atoms with van der Waals surface area (Å²) < 4.78 is 5.32. The van der Waals surface area contributed by atoms with Crippen LogP contribution in [0.2, 0.25) is 0 Å². The number of rotatable bonds is 7. The summed E-state index contributed by atoms with van der Waals surface area (Å²) in [6.07, 6.45) is 0.405. The Bertz CT molecular complexity index is 717. The van der Waals surface area contributed by atoms with E-state index in [9.17, 15) is 9.59 Å². The van der Waals surface area contributed by atoms with Crippen LogP contribution in [0.5, 0.6) is 0 Å². The van der Waals surface area contributed by atoms with Crippen LogP contribution in [-0.2, 0) is 11.2 Å². The highest BCUT2D eigenvalue weighted by molar-refractivity contribution is 14.0. The minimum absolute atomic E-state index is 0. The van der Waals surface area contributed by atoms with Crippen LogP contribution in [0.4, 0.5) is 4.79 Å². The Kier molecular flexibility index (Phi) is 12.4. The van der Waals surface area contributed by atoms with Crippen LogP contribution in [0.15, 0.2) is 29.3 Å². The van der Waals surface area contributed by atoms with Crippen LogP contribution >= 0.6 is 24.0 Å². The summed E-state index contributed by atoms with van der Waals surface area (Å²) in [6.45, 7) is 7.23. The molecule has 0 unspecified atom stereocenters. The van der Waals surface area contributed by atoms with Crippen LogP contribution in [0, 0.1) is 0 Å². The minimum atomic E-state index is -0.509. The van der Waals surface area contributed by atoms with E-state index in [2.05, 4.69) is 15.6 Å². The highest BCUT2D eigenvalue weighted by Gasteiger charge is 2.19. The summed E-state index contributed by atoms with van der Waals surface area (Å²) in [4.78, 5) is 31.3. The van der Waals surface area contributed by atoms with E-state index in [-0.39, 0.29) is 36.0 Å². The molecule has 0 saturated heterocycles. The predicted molar refractivity (Wildman–Crippen MR) is 132 cm³/mol. The second kappa shape index (κ2) is 13.3. The van der Waals surface area contributed by atoms with Crippen molar-refractivity contribution in [3.05, 3.63) is 35.4 Å². The molecule has 1 rings (SSSR count). The van der Waals surface area contributed by atoms with Gasteiger partial charge in [0.15, 0.2) is 5.96 Å². The number of hydrogen-bond donors (Lipinski definition) is 2. The zero-order valence-corrected chi connectivity index (χ0v) is 21.4. The Balaban J connectivity index is 0.00000841. The topological polar surface area (TPSA) is 86.3 Å². The number of nitrogens with zero attached hydrogens (tertiary/aromatic N) is 3. The van der Waals surface area contributed by atoms with Gasteiger partial charge in [-0.2, -0.15) is 0 Å². The lowest BCUT2D eigenvalue weighted by atomic mass is 10.1. The third-order valence-electron chi connectivity index (χ3n) is 3.95. The fourth-order valence-electron chi connectivity index (χ4n) is 2.44. The average Bonchev–Trinajstić information content (AvgIpc) is 2.64. The van der Waals surface area contributed by atoms with Gasteiger partial charge in [0, 0.05) is 53.4 Å². The van der Waals surface area contributed by atoms with Gasteiger partial charge in [-0.15, -0.1) is 24.0 Å². The lowest BCUT2D eigenvalue weighted by Crippen LogP contribution is -2.43. The highest BCUT2D eigenvalue weighted by Crippen LogP contribution is 2.09. The Labute approximate surface area is 197 Å². The monoisotopic (exact) mass is 533 g/mol. The van der Waals surface area contributed by atoms with Gasteiger partial charge >= 0.3 is 6.09 Å². The van der Waals surface area contributed by atoms with E-state index >= 15 is 0 Å². The number of aliphatic imine (C=N–C) groups is 1. The van der Waals surface area contributed by atoms with Gasteiger partial charge in [0.1, 0.15) is 5.60 Å². The third kappa shape index (κ3) is 10.7. The molecule has 1 aromatic carbocycles. The maximum Gasteiger partial charge on any atom is 0.410 e. The maximum absolute atomic E-state index is 12.1. The van der Waals surface area contributed by atoms with Crippen molar-refractivity contribution >= 4 is 41.9 Å². The summed E-state index contributed by atoms with van der Waals surface area (Å²) in [6, 6.07) is 7.63. The first-order chi connectivity index (χ1) is 13.5. The van der Waals surface area contributed by atoms with Gasteiger partial charge in [-0.1, -0.05) is 12.1 Å². The number of halogens is 1. The van der Waals surface area contributed by atoms with Gasteiger partial charge in [0.25, 0.3) is 5.91 Å². The number of ether oxygens (including phenoxy) is 1. The molecule has 0 bridgehead atoms. The molecule has 1 aromatic rings. The first-order valence-electron chi connectivity index (χ1n) is 9.72. The second-order valence-electron chi connectivity index (χ2n) is 7.98. The summed E-state index contributed by atoms with van der Waals surface area (Å²) in [7, 11) is 6.89. The fourth-order valence-corrected chi connectivity index (χ4v) is 2.44. The van der Waals surface area contributed by atoms with Gasteiger partial charge in [-0.3, -0.25) is 9.79 Å². The first kappa shape index (κ1) is 28.0. The molecule has 0 fully saturated rings. The van der Waals surface area contributed by atoms with E-state index in [1.165, 1.54) is 4.90 Å². The predicted octanol–water partition coefficient (Wildman–Crippen LogP) is 2.58. The minimum Gasteiger partial charge on any atom is -0.444 e. The summed E-state index contributed by atoms with van der Waals surface area (Å²) in [5, 5.41) is 6.42. The number of carbonyl (C=O) groups is 2. The number of likely N-dealkylation sites (N-methyl/N-ethyl adjacent to an activating group) is 1. The Morgan fingerprint density at radius 3 is 2.30 bits per heavy atom. The molecule has 0 spiro atoms. The Morgan fingerprint density at radius 1 is 1.10 bits per heavy atom. The maximum atomic E-state index is 12.1. The van der Waals surface area contributed by atoms with Crippen LogP contribution in [0.1, 0.15) is 36.7 Å². The lowest BCUT2D eigenvalue weighted by molar-refractivity contribution is 0.0302. The van der Waals surface area contributed by atoms with Crippen LogP contribution in [-0.4, -0.2) is 81.2 Å². The molecule has 2 amide bonds. The summed E-state index contributed by atoms with van der Waals surface area (Å²) in [5.74, 6) is 0.648. The number of nitrogens with one attached hydrogen (secondary N) is 2. The lowest BCUT2D eigenvalue weighted by Gasteiger charge is -2.24. The zero-order chi connectivity index (χ0) is 22.0.